The van der Waals surface area contributed by atoms with Crippen molar-refractivity contribution in [1.82, 2.24) is 9.88 Å². The van der Waals surface area contributed by atoms with Crippen LogP contribution in [0.3, 0.4) is 0 Å². The van der Waals surface area contributed by atoms with Gasteiger partial charge in [0, 0.05) is 23.4 Å². The van der Waals surface area contributed by atoms with Crippen LogP contribution in [-0.2, 0) is 17.7 Å². The summed E-state index contributed by atoms with van der Waals surface area (Å²) in [5.41, 5.74) is 1.63. The summed E-state index contributed by atoms with van der Waals surface area (Å²) in [6.45, 7) is 3.18. The standard InChI is InChI=1S/C20H19N3O3S/c1-2-26-20(25)22-19-21-16-9-10-23(12-17(16)27-19)18(24)15-8-7-13-5-3-4-6-14(13)11-15/h3-8,11H,2,9-10,12H2,1H3,(H,21,22,25). The Labute approximate surface area is 160 Å². The van der Waals surface area contributed by atoms with Gasteiger partial charge in [0.25, 0.3) is 5.91 Å². The number of amides is 2. The first-order chi connectivity index (χ1) is 13.1. The van der Waals surface area contributed by atoms with Gasteiger partial charge in [0.15, 0.2) is 5.13 Å². The summed E-state index contributed by atoms with van der Waals surface area (Å²) >= 11 is 1.39. The van der Waals surface area contributed by atoms with E-state index < -0.39 is 6.09 Å². The summed E-state index contributed by atoms with van der Waals surface area (Å²) < 4.78 is 4.88. The lowest BCUT2D eigenvalue weighted by atomic mass is 10.1. The van der Waals surface area contributed by atoms with Crippen molar-refractivity contribution in [3.8, 4) is 0 Å². The maximum Gasteiger partial charge on any atom is 0.413 e. The largest absolute Gasteiger partial charge is 0.450 e. The molecule has 0 unspecified atom stereocenters. The second-order valence-corrected chi connectivity index (χ2v) is 7.36. The molecule has 1 aliphatic heterocycles. The second kappa shape index (κ2) is 7.36. The molecule has 0 aliphatic carbocycles. The van der Waals surface area contributed by atoms with Crippen LogP contribution in [0.2, 0.25) is 0 Å². The van der Waals surface area contributed by atoms with E-state index in [1.54, 1.807) is 6.92 Å². The van der Waals surface area contributed by atoms with E-state index in [-0.39, 0.29) is 5.91 Å². The van der Waals surface area contributed by atoms with E-state index in [0.717, 1.165) is 21.3 Å². The van der Waals surface area contributed by atoms with Crippen molar-refractivity contribution in [3.63, 3.8) is 0 Å². The molecule has 2 amide bonds. The lowest BCUT2D eigenvalue weighted by Gasteiger charge is -2.26. The fraction of sp³-hybridized carbons (Fsp3) is 0.250. The fourth-order valence-electron chi connectivity index (χ4n) is 3.18. The Bertz CT molecular complexity index is 1010. The molecule has 1 aromatic heterocycles. The van der Waals surface area contributed by atoms with Crippen molar-refractivity contribution in [2.45, 2.75) is 19.9 Å². The van der Waals surface area contributed by atoms with Gasteiger partial charge in [0.1, 0.15) is 0 Å². The minimum atomic E-state index is -0.507. The Hall–Kier alpha value is -2.93. The lowest BCUT2D eigenvalue weighted by Crippen LogP contribution is -2.35. The summed E-state index contributed by atoms with van der Waals surface area (Å²) in [6.07, 6.45) is 0.169. The summed E-state index contributed by atoms with van der Waals surface area (Å²) in [5, 5.41) is 5.32. The van der Waals surface area contributed by atoms with Gasteiger partial charge in [-0.15, -0.1) is 0 Å². The molecule has 0 radical (unpaired) electrons. The third-order valence-electron chi connectivity index (χ3n) is 4.50. The van der Waals surface area contributed by atoms with E-state index in [4.69, 9.17) is 4.74 Å². The number of hydrogen-bond acceptors (Lipinski definition) is 5. The molecule has 0 saturated carbocycles. The highest BCUT2D eigenvalue weighted by Gasteiger charge is 2.25. The number of thiazole rings is 1. The highest BCUT2D eigenvalue weighted by atomic mass is 32.1. The number of aromatic nitrogens is 1. The normalized spacial score (nSPS) is 13.3. The zero-order chi connectivity index (χ0) is 18.8. The molecule has 138 valence electrons. The summed E-state index contributed by atoms with van der Waals surface area (Å²) in [5.74, 6) is 0.0136. The van der Waals surface area contributed by atoms with Crippen molar-refractivity contribution >= 4 is 39.2 Å². The number of benzene rings is 2. The summed E-state index contributed by atoms with van der Waals surface area (Å²) in [4.78, 5) is 31.8. The SMILES string of the molecule is CCOC(=O)Nc1nc2c(s1)CN(C(=O)c1ccc3ccccc3c1)CC2. The molecule has 0 saturated heterocycles. The number of ether oxygens (including phenoxy) is 1. The number of nitrogens with one attached hydrogen (secondary N) is 1. The average Bonchev–Trinajstić information content (AvgIpc) is 3.08. The van der Waals surface area contributed by atoms with Gasteiger partial charge in [-0.05, 0) is 29.8 Å². The predicted octanol–water partition coefficient (Wildman–Crippen LogP) is 4.06. The number of fused-ring (bicyclic) bond motifs is 2. The van der Waals surface area contributed by atoms with Gasteiger partial charge in [-0.1, -0.05) is 41.7 Å². The van der Waals surface area contributed by atoms with E-state index in [0.29, 0.717) is 36.8 Å². The zero-order valence-electron chi connectivity index (χ0n) is 14.9. The molecule has 0 spiro atoms. The van der Waals surface area contributed by atoms with Crippen LogP contribution < -0.4 is 5.32 Å². The highest BCUT2D eigenvalue weighted by Crippen LogP contribution is 2.29. The number of nitrogens with zero attached hydrogens (tertiary/aromatic N) is 2. The Morgan fingerprint density at radius 3 is 2.85 bits per heavy atom. The number of hydrogen-bond donors (Lipinski definition) is 1. The van der Waals surface area contributed by atoms with Gasteiger partial charge < -0.3 is 9.64 Å². The van der Waals surface area contributed by atoms with Crippen LogP contribution in [0.25, 0.3) is 10.8 Å². The maximum absolute atomic E-state index is 12.9. The summed E-state index contributed by atoms with van der Waals surface area (Å²) in [6, 6.07) is 13.8. The Morgan fingerprint density at radius 1 is 1.22 bits per heavy atom. The third-order valence-corrected chi connectivity index (χ3v) is 5.50. The smallest absolute Gasteiger partial charge is 0.413 e. The molecule has 1 N–H and O–H groups in total. The quantitative estimate of drug-likeness (QED) is 0.743. The Balaban J connectivity index is 1.50. The molecular formula is C20H19N3O3S. The van der Waals surface area contributed by atoms with Crippen LogP contribution in [0.1, 0.15) is 27.9 Å². The molecule has 1 aliphatic rings. The van der Waals surface area contributed by atoms with Crippen molar-refractivity contribution in [2.24, 2.45) is 0 Å². The molecule has 0 fully saturated rings. The molecule has 0 atom stereocenters. The predicted molar refractivity (Wildman–Crippen MR) is 105 cm³/mol. The van der Waals surface area contributed by atoms with E-state index in [1.165, 1.54) is 11.3 Å². The highest BCUT2D eigenvalue weighted by molar-refractivity contribution is 7.15. The van der Waals surface area contributed by atoms with Crippen LogP contribution in [0.5, 0.6) is 0 Å². The third kappa shape index (κ3) is 3.64. The van der Waals surface area contributed by atoms with Gasteiger partial charge >= 0.3 is 6.09 Å². The average molecular weight is 381 g/mol. The minimum Gasteiger partial charge on any atom is -0.450 e. The van der Waals surface area contributed by atoms with Crippen LogP contribution in [0, 0.1) is 0 Å². The molecule has 0 bridgehead atoms. The van der Waals surface area contributed by atoms with Gasteiger partial charge in [-0.2, -0.15) is 0 Å². The summed E-state index contributed by atoms with van der Waals surface area (Å²) in [7, 11) is 0. The second-order valence-electron chi connectivity index (χ2n) is 6.27. The molecular weight excluding hydrogens is 362 g/mol. The van der Waals surface area contributed by atoms with Crippen LogP contribution in [-0.4, -0.2) is 35.0 Å². The molecule has 2 heterocycles. The van der Waals surface area contributed by atoms with E-state index in [1.807, 2.05) is 47.4 Å². The van der Waals surface area contributed by atoms with Gasteiger partial charge in [0.05, 0.1) is 18.8 Å². The van der Waals surface area contributed by atoms with E-state index in [9.17, 15) is 9.59 Å². The molecule has 3 aromatic rings. The van der Waals surface area contributed by atoms with Crippen molar-refractivity contribution in [2.75, 3.05) is 18.5 Å². The van der Waals surface area contributed by atoms with Crippen LogP contribution >= 0.6 is 11.3 Å². The number of rotatable bonds is 3. The topological polar surface area (TPSA) is 71.5 Å². The first-order valence-electron chi connectivity index (χ1n) is 8.84. The fourth-order valence-corrected chi connectivity index (χ4v) is 4.19. The molecule has 7 heteroatoms. The number of carbonyl (C=O) groups excluding carboxylic acids is 2. The first kappa shape index (κ1) is 17.5. The van der Waals surface area contributed by atoms with Crippen molar-refractivity contribution in [3.05, 3.63) is 58.6 Å². The van der Waals surface area contributed by atoms with Crippen LogP contribution in [0.15, 0.2) is 42.5 Å². The molecule has 2 aromatic carbocycles. The number of anilines is 1. The van der Waals surface area contributed by atoms with Gasteiger partial charge in [-0.3, -0.25) is 10.1 Å². The number of carbonyl (C=O) groups is 2. The lowest BCUT2D eigenvalue weighted by molar-refractivity contribution is 0.0736. The van der Waals surface area contributed by atoms with E-state index in [2.05, 4.69) is 10.3 Å². The monoisotopic (exact) mass is 381 g/mol. The zero-order valence-corrected chi connectivity index (χ0v) is 15.7. The molecule has 4 rings (SSSR count). The molecule has 6 nitrogen and oxygen atoms in total. The minimum absolute atomic E-state index is 0.0136. The van der Waals surface area contributed by atoms with Crippen LogP contribution in [0.4, 0.5) is 9.93 Å². The van der Waals surface area contributed by atoms with Crippen molar-refractivity contribution in [1.29, 1.82) is 0 Å². The van der Waals surface area contributed by atoms with Gasteiger partial charge in [-0.25, -0.2) is 9.78 Å². The Kier molecular flexibility index (Phi) is 4.77. The first-order valence-corrected chi connectivity index (χ1v) is 9.66. The van der Waals surface area contributed by atoms with Crippen molar-refractivity contribution < 1.29 is 14.3 Å². The maximum atomic E-state index is 12.9. The molecule has 27 heavy (non-hydrogen) atoms. The van der Waals surface area contributed by atoms with Gasteiger partial charge in [0.2, 0.25) is 0 Å². The van der Waals surface area contributed by atoms with E-state index >= 15 is 0 Å². The Morgan fingerprint density at radius 2 is 2.04 bits per heavy atom.